The van der Waals surface area contributed by atoms with E-state index in [0.29, 0.717) is 13.1 Å². The molecule has 0 saturated carbocycles. The molecule has 0 spiro atoms. The summed E-state index contributed by atoms with van der Waals surface area (Å²) in [5.41, 5.74) is 2.17. The highest BCUT2D eigenvalue weighted by molar-refractivity contribution is 5.85. The molecule has 1 fully saturated rings. The molecule has 0 aromatic heterocycles. The van der Waals surface area contributed by atoms with Gasteiger partial charge in [-0.25, -0.2) is 0 Å². The molecule has 160 valence electrons. The number of piperidine rings is 1. The summed E-state index contributed by atoms with van der Waals surface area (Å²) in [5, 5.41) is 3.26. The quantitative estimate of drug-likeness (QED) is 0.680. The molecule has 1 aliphatic rings. The number of nitrogens with one attached hydrogen (secondary N) is 1. The van der Waals surface area contributed by atoms with Crippen LogP contribution in [0.2, 0.25) is 0 Å². The smallest absolute Gasteiger partial charge is 0.230 e. The van der Waals surface area contributed by atoms with E-state index < -0.39 is 0 Å². The van der Waals surface area contributed by atoms with Crippen molar-refractivity contribution in [3.8, 4) is 0 Å². The fourth-order valence-electron chi connectivity index (χ4n) is 4.43. The van der Waals surface area contributed by atoms with Gasteiger partial charge in [0.05, 0.1) is 11.8 Å². The van der Waals surface area contributed by atoms with Gasteiger partial charge < -0.3 is 10.2 Å². The number of benzene rings is 2. The number of carbonyl (C=O) groups excluding carboxylic acids is 2. The van der Waals surface area contributed by atoms with E-state index in [2.05, 4.69) is 19.2 Å². The summed E-state index contributed by atoms with van der Waals surface area (Å²) < 4.78 is 0. The molecular weight excluding hydrogens is 372 g/mol. The SMILES string of the molecule is CCCC(C(=O)NC1CCN(C(=O)C(CC)c2ccccc2)CC1)c1ccccc1. The number of rotatable bonds is 8. The third-order valence-electron chi connectivity index (χ3n) is 6.16. The maximum atomic E-state index is 13.1. The Labute approximate surface area is 180 Å². The molecule has 30 heavy (non-hydrogen) atoms. The summed E-state index contributed by atoms with van der Waals surface area (Å²) in [5.74, 6) is 0.146. The molecule has 2 atom stereocenters. The Hall–Kier alpha value is -2.62. The lowest BCUT2D eigenvalue weighted by atomic mass is 9.92. The zero-order chi connectivity index (χ0) is 21.3. The number of likely N-dealkylation sites (tertiary alicyclic amines) is 1. The van der Waals surface area contributed by atoms with Crippen molar-refractivity contribution in [2.45, 2.75) is 63.8 Å². The Morgan fingerprint density at radius 2 is 1.43 bits per heavy atom. The van der Waals surface area contributed by atoms with E-state index in [1.165, 1.54) is 0 Å². The Morgan fingerprint density at radius 1 is 0.900 bits per heavy atom. The number of hydrogen-bond donors (Lipinski definition) is 1. The van der Waals surface area contributed by atoms with Crippen LogP contribution in [-0.2, 0) is 9.59 Å². The highest BCUT2D eigenvalue weighted by Crippen LogP contribution is 2.25. The normalized spacial score (nSPS) is 16.7. The molecule has 2 unspecified atom stereocenters. The van der Waals surface area contributed by atoms with Crippen molar-refractivity contribution in [1.82, 2.24) is 10.2 Å². The standard InChI is InChI=1S/C26H34N2O2/c1-3-11-24(21-14-9-6-10-15-21)25(29)27-22-16-18-28(19-17-22)26(30)23(4-2)20-12-7-5-8-13-20/h5-10,12-15,22-24H,3-4,11,16-19H2,1-2H3,(H,27,29). The zero-order valence-electron chi connectivity index (χ0n) is 18.2. The second kappa shape index (κ2) is 11.0. The monoisotopic (exact) mass is 406 g/mol. The second-order valence-electron chi connectivity index (χ2n) is 8.23. The zero-order valence-corrected chi connectivity index (χ0v) is 18.2. The molecule has 0 radical (unpaired) electrons. The lowest BCUT2D eigenvalue weighted by Crippen LogP contribution is -2.48. The van der Waals surface area contributed by atoms with E-state index >= 15 is 0 Å². The van der Waals surface area contributed by atoms with Crippen LogP contribution in [0, 0.1) is 0 Å². The van der Waals surface area contributed by atoms with E-state index in [4.69, 9.17) is 0 Å². The van der Waals surface area contributed by atoms with E-state index in [9.17, 15) is 9.59 Å². The van der Waals surface area contributed by atoms with Gasteiger partial charge in [-0.3, -0.25) is 9.59 Å². The molecule has 3 rings (SSSR count). The van der Waals surface area contributed by atoms with E-state index in [-0.39, 0.29) is 29.7 Å². The van der Waals surface area contributed by atoms with Crippen LogP contribution in [0.15, 0.2) is 60.7 Å². The van der Waals surface area contributed by atoms with Gasteiger partial charge in [0.15, 0.2) is 0 Å². The van der Waals surface area contributed by atoms with Crippen molar-refractivity contribution in [2.75, 3.05) is 13.1 Å². The molecule has 4 heteroatoms. The van der Waals surface area contributed by atoms with Gasteiger partial charge in [0, 0.05) is 19.1 Å². The van der Waals surface area contributed by atoms with Crippen LogP contribution < -0.4 is 5.32 Å². The topological polar surface area (TPSA) is 49.4 Å². The largest absolute Gasteiger partial charge is 0.353 e. The predicted molar refractivity (Wildman–Crippen MR) is 121 cm³/mol. The van der Waals surface area contributed by atoms with Crippen molar-refractivity contribution in [3.63, 3.8) is 0 Å². The molecule has 2 aromatic rings. The highest BCUT2D eigenvalue weighted by atomic mass is 16.2. The van der Waals surface area contributed by atoms with Gasteiger partial charge in [0.25, 0.3) is 0 Å². The average molecular weight is 407 g/mol. The highest BCUT2D eigenvalue weighted by Gasteiger charge is 2.30. The van der Waals surface area contributed by atoms with Crippen LogP contribution in [0.4, 0.5) is 0 Å². The van der Waals surface area contributed by atoms with Gasteiger partial charge in [-0.1, -0.05) is 80.9 Å². The van der Waals surface area contributed by atoms with E-state index in [1.54, 1.807) is 0 Å². The number of hydrogen-bond acceptors (Lipinski definition) is 2. The van der Waals surface area contributed by atoms with Crippen molar-refractivity contribution in [3.05, 3.63) is 71.8 Å². The van der Waals surface area contributed by atoms with Crippen molar-refractivity contribution in [1.29, 1.82) is 0 Å². The van der Waals surface area contributed by atoms with Gasteiger partial charge in [0.1, 0.15) is 0 Å². The van der Waals surface area contributed by atoms with Crippen LogP contribution in [0.1, 0.15) is 68.9 Å². The fraction of sp³-hybridized carbons (Fsp3) is 0.462. The second-order valence-corrected chi connectivity index (χ2v) is 8.23. The Bertz CT molecular complexity index is 798. The van der Waals surface area contributed by atoms with Gasteiger partial charge in [0.2, 0.25) is 11.8 Å². The number of carbonyl (C=O) groups is 2. The van der Waals surface area contributed by atoms with Crippen LogP contribution in [0.5, 0.6) is 0 Å². The molecular formula is C26H34N2O2. The minimum absolute atomic E-state index is 0.0793. The summed E-state index contributed by atoms with van der Waals surface area (Å²) in [7, 11) is 0. The van der Waals surface area contributed by atoms with Crippen LogP contribution in [-0.4, -0.2) is 35.8 Å². The maximum absolute atomic E-state index is 13.1. The van der Waals surface area contributed by atoms with Crippen LogP contribution >= 0.6 is 0 Å². The summed E-state index contributed by atoms with van der Waals surface area (Å²) in [6.45, 7) is 5.60. The lowest BCUT2D eigenvalue weighted by molar-refractivity contribution is -0.134. The first kappa shape index (κ1) is 22.1. The number of amides is 2. The third kappa shape index (κ3) is 5.50. The molecule has 4 nitrogen and oxygen atoms in total. The average Bonchev–Trinajstić information content (AvgIpc) is 2.79. The molecule has 2 aromatic carbocycles. The number of nitrogens with zero attached hydrogens (tertiary/aromatic N) is 1. The summed E-state index contributed by atoms with van der Waals surface area (Å²) in [6.07, 6.45) is 4.25. The first-order chi connectivity index (χ1) is 14.6. The minimum atomic E-state index is -0.0987. The van der Waals surface area contributed by atoms with Gasteiger partial charge in [-0.05, 0) is 36.8 Å². The van der Waals surface area contributed by atoms with Crippen LogP contribution in [0.3, 0.4) is 0 Å². The van der Waals surface area contributed by atoms with Crippen molar-refractivity contribution in [2.24, 2.45) is 0 Å². The first-order valence-electron chi connectivity index (χ1n) is 11.3. The summed E-state index contributed by atoms with van der Waals surface area (Å²) in [4.78, 5) is 28.0. The van der Waals surface area contributed by atoms with Crippen LogP contribution in [0.25, 0.3) is 0 Å². The molecule has 1 N–H and O–H groups in total. The molecule has 1 saturated heterocycles. The molecule has 0 bridgehead atoms. The van der Waals surface area contributed by atoms with Gasteiger partial charge >= 0.3 is 0 Å². The third-order valence-corrected chi connectivity index (χ3v) is 6.16. The molecule has 0 aliphatic carbocycles. The molecule has 2 amide bonds. The first-order valence-corrected chi connectivity index (χ1v) is 11.3. The van der Waals surface area contributed by atoms with Gasteiger partial charge in [-0.15, -0.1) is 0 Å². The Morgan fingerprint density at radius 3 is 1.93 bits per heavy atom. The van der Waals surface area contributed by atoms with Gasteiger partial charge in [-0.2, -0.15) is 0 Å². The molecule has 1 heterocycles. The minimum Gasteiger partial charge on any atom is -0.353 e. The van der Waals surface area contributed by atoms with E-state index in [0.717, 1.165) is 43.2 Å². The Kier molecular flexibility index (Phi) is 8.06. The molecule has 1 aliphatic heterocycles. The van der Waals surface area contributed by atoms with Crippen molar-refractivity contribution < 1.29 is 9.59 Å². The summed E-state index contributed by atoms with van der Waals surface area (Å²) in [6, 6.07) is 20.2. The predicted octanol–water partition coefficient (Wildman–Crippen LogP) is 4.87. The fourth-order valence-corrected chi connectivity index (χ4v) is 4.43. The summed E-state index contributed by atoms with van der Waals surface area (Å²) >= 11 is 0. The van der Waals surface area contributed by atoms with Crippen molar-refractivity contribution >= 4 is 11.8 Å². The maximum Gasteiger partial charge on any atom is 0.230 e. The Balaban J connectivity index is 1.56. The van der Waals surface area contributed by atoms with E-state index in [1.807, 2.05) is 65.6 Å². The lowest BCUT2D eigenvalue weighted by Gasteiger charge is -2.35.